The molecule has 0 aromatic heterocycles. The molecule has 0 bridgehead atoms. The molecule has 0 saturated carbocycles. The van der Waals surface area contributed by atoms with Gasteiger partial charge in [-0.2, -0.15) is 0 Å². The molecule has 18 heavy (non-hydrogen) atoms. The quantitative estimate of drug-likeness (QED) is 0.805. The Morgan fingerprint density at radius 1 is 1.17 bits per heavy atom. The molecule has 0 heterocycles. The lowest BCUT2D eigenvalue weighted by atomic mass is 10.0. The lowest BCUT2D eigenvalue weighted by molar-refractivity contribution is -0.143. The minimum absolute atomic E-state index is 0.373. The van der Waals surface area contributed by atoms with Crippen molar-refractivity contribution < 1.29 is 19.0 Å². The van der Waals surface area contributed by atoms with Gasteiger partial charge in [0.05, 0.1) is 21.3 Å². The largest absolute Gasteiger partial charge is 0.496 e. The summed E-state index contributed by atoms with van der Waals surface area (Å²) in [6.07, 6.45) is 0. The molecule has 1 rings (SSSR count). The molecule has 0 radical (unpaired) electrons. The topological polar surface area (TPSA) is 56.8 Å². The van der Waals surface area contributed by atoms with Crippen LogP contribution < -0.4 is 14.8 Å². The number of hydrogen-bond donors (Lipinski definition) is 1. The fourth-order valence-electron chi connectivity index (χ4n) is 1.82. The van der Waals surface area contributed by atoms with Crippen LogP contribution in [0.1, 0.15) is 17.2 Å². The maximum absolute atomic E-state index is 11.7. The molecule has 0 aliphatic carbocycles. The number of rotatable bonds is 5. The van der Waals surface area contributed by atoms with Gasteiger partial charge in [0, 0.05) is 5.56 Å². The van der Waals surface area contributed by atoms with Gasteiger partial charge in [0.15, 0.2) is 0 Å². The number of esters is 1. The van der Waals surface area contributed by atoms with E-state index in [2.05, 4.69) is 5.32 Å². The van der Waals surface area contributed by atoms with Crippen molar-refractivity contribution in [2.45, 2.75) is 13.0 Å². The molecule has 1 aromatic rings. The van der Waals surface area contributed by atoms with Crippen molar-refractivity contribution in [1.29, 1.82) is 0 Å². The van der Waals surface area contributed by atoms with Gasteiger partial charge in [0.25, 0.3) is 0 Å². The van der Waals surface area contributed by atoms with Gasteiger partial charge in [-0.15, -0.1) is 0 Å². The van der Waals surface area contributed by atoms with E-state index in [1.54, 1.807) is 27.3 Å². The molecule has 1 unspecified atom stereocenters. The molecule has 0 saturated heterocycles. The fourth-order valence-corrected chi connectivity index (χ4v) is 1.82. The normalized spacial score (nSPS) is 11.8. The van der Waals surface area contributed by atoms with E-state index in [1.165, 1.54) is 7.11 Å². The summed E-state index contributed by atoms with van der Waals surface area (Å²) in [7, 11) is 6.19. The van der Waals surface area contributed by atoms with E-state index in [1.807, 2.05) is 13.0 Å². The van der Waals surface area contributed by atoms with Gasteiger partial charge in [-0.1, -0.05) is 0 Å². The highest BCUT2D eigenvalue weighted by atomic mass is 16.5. The predicted molar refractivity (Wildman–Crippen MR) is 68.1 cm³/mol. The highest BCUT2D eigenvalue weighted by Gasteiger charge is 2.24. The van der Waals surface area contributed by atoms with Crippen LogP contribution in [0, 0.1) is 6.92 Å². The Bertz CT molecular complexity index is 431. The molecule has 1 atom stereocenters. The summed E-state index contributed by atoms with van der Waals surface area (Å²) in [5.41, 5.74) is 1.63. The molecule has 5 heteroatoms. The molecular formula is C13H19NO4. The third kappa shape index (κ3) is 2.73. The van der Waals surface area contributed by atoms with Crippen molar-refractivity contribution in [2.75, 3.05) is 28.4 Å². The summed E-state index contributed by atoms with van der Waals surface area (Å²) in [6.45, 7) is 1.91. The van der Waals surface area contributed by atoms with Crippen LogP contribution >= 0.6 is 0 Å². The van der Waals surface area contributed by atoms with Gasteiger partial charge in [-0.3, -0.25) is 0 Å². The molecule has 100 valence electrons. The number of carbonyl (C=O) groups excluding carboxylic acids is 1. The lowest BCUT2D eigenvalue weighted by Crippen LogP contribution is -2.27. The Hall–Kier alpha value is -1.75. The number of ether oxygens (including phenoxy) is 3. The molecule has 0 amide bonds. The number of carbonyl (C=O) groups is 1. The number of methoxy groups -OCH3 is 3. The van der Waals surface area contributed by atoms with Gasteiger partial charge in [-0.05, 0) is 31.7 Å². The van der Waals surface area contributed by atoms with E-state index in [9.17, 15) is 4.79 Å². The fraction of sp³-hybridized carbons (Fsp3) is 0.462. The first kappa shape index (κ1) is 14.3. The zero-order valence-electron chi connectivity index (χ0n) is 11.4. The Labute approximate surface area is 107 Å². The van der Waals surface area contributed by atoms with Crippen LogP contribution in [0.2, 0.25) is 0 Å². The molecule has 0 aliphatic rings. The third-order valence-corrected chi connectivity index (χ3v) is 2.78. The van der Waals surface area contributed by atoms with Crippen LogP contribution in [-0.4, -0.2) is 34.3 Å². The van der Waals surface area contributed by atoms with Gasteiger partial charge < -0.3 is 19.5 Å². The van der Waals surface area contributed by atoms with Crippen LogP contribution in [0.25, 0.3) is 0 Å². The summed E-state index contributed by atoms with van der Waals surface area (Å²) < 4.78 is 15.3. The average Bonchev–Trinajstić information content (AvgIpc) is 2.40. The summed E-state index contributed by atoms with van der Waals surface area (Å²) in [5, 5.41) is 2.90. The monoisotopic (exact) mass is 253 g/mol. The van der Waals surface area contributed by atoms with Crippen LogP contribution in [0.15, 0.2) is 12.1 Å². The summed E-state index contributed by atoms with van der Waals surface area (Å²) in [6, 6.07) is 3.03. The van der Waals surface area contributed by atoms with Crippen molar-refractivity contribution >= 4 is 5.97 Å². The van der Waals surface area contributed by atoms with Crippen molar-refractivity contribution in [2.24, 2.45) is 0 Å². The third-order valence-electron chi connectivity index (χ3n) is 2.78. The SMILES string of the molecule is CNC(C(=O)OC)c1cc(OC)c(C)cc1OC. The summed E-state index contributed by atoms with van der Waals surface area (Å²) >= 11 is 0. The van der Waals surface area contributed by atoms with Crippen LogP contribution in [0.4, 0.5) is 0 Å². The maximum atomic E-state index is 11.7. The van der Waals surface area contributed by atoms with Crippen molar-refractivity contribution in [1.82, 2.24) is 5.32 Å². The first-order valence-electron chi connectivity index (χ1n) is 5.56. The number of likely N-dealkylation sites (N-methyl/N-ethyl adjacent to an activating group) is 1. The Balaban J connectivity index is 3.31. The van der Waals surface area contributed by atoms with Crippen LogP contribution in [0.5, 0.6) is 11.5 Å². The first-order chi connectivity index (χ1) is 8.58. The molecule has 1 N–H and O–H groups in total. The second-order valence-electron chi connectivity index (χ2n) is 3.81. The molecule has 0 aliphatic heterocycles. The van der Waals surface area contributed by atoms with Gasteiger partial charge in [0.1, 0.15) is 17.5 Å². The van der Waals surface area contributed by atoms with Crippen molar-refractivity contribution in [3.05, 3.63) is 23.3 Å². The van der Waals surface area contributed by atoms with E-state index in [-0.39, 0.29) is 5.97 Å². The Morgan fingerprint density at radius 2 is 1.78 bits per heavy atom. The average molecular weight is 253 g/mol. The van der Waals surface area contributed by atoms with Crippen LogP contribution in [-0.2, 0) is 9.53 Å². The van der Waals surface area contributed by atoms with E-state index in [4.69, 9.17) is 14.2 Å². The smallest absolute Gasteiger partial charge is 0.327 e. The van der Waals surface area contributed by atoms with E-state index in [0.29, 0.717) is 17.1 Å². The maximum Gasteiger partial charge on any atom is 0.327 e. The molecule has 0 fully saturated rings. The minimum Gasteiger partial charge on any atom is -0.496 e. The minimum atomic E-state index is -0.584. The number of aryl methyl sites for hydroxylation is 1. The zero-order valence-corrected chi connectivity index (χ0v) is 11.4. The predicted octanol–water partition coefficient (Wildman–Crippen LogP) is 1.45. The highest BCUT2D eigenvalue weighted by molar-refractivity contribution is 5.79. The number of nitrogens with one attached hydrogen (secondary N) is 1. The van der Waals surface area contributed by atoms with Crippen molar-refractivity contribution in [3.63, 3.8) is 0 Å². The number of hydrogen-bond acceptors (Lipinski definition) is 5. The first-order valence-corrected chi connectivity index (χ1v) is 5.56. The van der Waals surface area contributed by atoms with E-state index >= 15 is 0 Å². The molecule has 5 nitrogen and oxygen atoms in total. The summed E-state index contributed by atoms with van der Waals surface area (Å²) in [5.74, 6) is 0.953. The highest BCUT2D eigenvalue weighted by Crippen LogP contribution is 2.32. The summed E-state index contributed by atoms with van der Waals surface area (Å²) in [4.78, 5) is 11.7. The second kappa shape index (κ2) is 6.26. The van der Waals surface area contributed by atoms with Gasteiger partial charge in [-0.25, -0.2) is 4.79 Å². The van der Waals surface area contributed by atoms with E-state index in [0.717, 1.165) is 5.56 Å². The van der Waals surface area contributed by atoms with E-state index < -0.39 is 6.04 Å². The Morgan fingerprint density at radius 3 is 2.22 bits per heavy atom. The number of benzene rings is 1. The Kier molecular flexibility index (Phi) is 4.97. The second-order valence-corrected chi connectivity index (χ2v) is 3.81. The van der Waals surface area contributed by atoms with Gasteiger partial charge in [0.2, 0.25) is 0 Å². The molecular weight excluding hydrogens is 234 g/mol. The van der Waals surface area contributed by atoms with Crippen LogP contribution in [0.3, 0.4) is 0 Å². The zero-order chi connectivity index (χ0) is 13.7. The molecule has 0 spiro atoms. The lowest BCUT2D eigenvalue weighted by Gasteiger charge is -2.19. The molecule has 1 aromatic carbocycles. The standard InChI is InChI=1S/C13H19NO4/c1-8-6-11(17-4)9(7-10(8)16-3)12(14-2)13(15)18-5/h6-7,12,14H,1-5H3. The van der Waals surface area contributed by atoms with Crippen molar-refractivity contribution in [3.8, 4) is 11.5 Å². The van der Waals surface area contributed by atoms with Gasteiger partial charge >= 0.3 is 5.97 Å².